The lowest BCUT2D eigenvalue weighted by Gasteiger charge is -2.13. The molecule has 0 aliphatic rings. The van der Waals surface area contributed by atoms with Gasteiger partial charge in [0.2, 0.25) is 5.91 Å². The molecule has 1 unspecified atom stereocenters. The number of nitrogens with one attached hydrogen (secondary N) is 2. The number of carbonyl (C=O) groups is 1. The molecule has 0 aliphatic carbocycles. The highest BCUT2D eigenvalue weighted by molar-refractivity contribution is 6.31. The van der Waals surface area contributed by atoms with Crippen molar-refractivity contribution in [3.8, 4) is 0 Å². The van der Waals surface area contributed by atoms with Crippen LogP contribution in [0.2, 0.25) is 5.02 Å². The molecule has 0 fully saturated rings. The van der Waals surface area contributed by atoms with E-state index in [1.807, 2.05) is 24.4 Å². The lowest BCUT2D eigenvalue weighted by Crippen LogP contribution is -2.38. The van der Waals surface area contributed by atoms with Crippen LogP contribution in [-0.2, 0) is 11.2 Å². The van der Waals surface area contributed by atoms with Gasteiger partial charge in [-0.2, -0.15) is 4.68 Å². The van der Waals surface area contributed by atoms with E-state index >= 15 is 0 Å². The summed E-state index contributed by atoms with van der Waals surface area (Å²) < 4.78 is 1.11. The van der Waals surface area contributed by atoms with Crippen LogP contribution < -0.4 is 10.9 Å². The van der Waals surface area contributed by atoms with Crippen molar-refractivity contribution in [1.82, 2.24) is 25.3 Å². The predicted octanol–water partition coefficient (Wildman–Crippen LogP) is 2.85. The third-order valence-corrected chi connectivity index (χ3v) is 5.00. The summed E-state index contributed by atoms with van der Waals surface area (Å²) in [5.41, 5.74) is 2.24. The maximum absolute atomic E-state index is 12.6. The minimum Gasteiger partial charge on any atom is -0.361 e. The van der Waals surface area contributed by atoms with Crippen LogP contribution in [0.25, 0.3) is 21.8 Å². The number of halogens is 1. The molecule has 2 heterocycles. The first-order valence-corrected chi connectivity index (χ1v) is 9.30. The first-order chi connectivity index (χ1) is 13.5. The van der Waals surface area contributed by atoms with E-state index in [0.29, 0.717) is 28.9 Å². The summed E-state index contributed by atoms with van der Waals surface area (Å²) in [7, 11) is 0. The first-order valence-electron chi connectivity index (χ1n) is 8.92. The van der Waals surface area contributed by atoms with Crippen LogP contribution in [0.1, 0.15) is 18.5 Å². The second-order valence-electron chi connectivity index (χ2n) is 6.58. The minimum atomic E-state index is -0.762. The van der Waals surface area contributed by atoms with E-state index in [9.17, 15) is 9.59 Å². The molecule has 0 saturated carbocycles. The SMILES string of the molecule is CC(C(=O)NCCc1c[nH]c2ccc(Cl)cc12)n1nnc2ccccc2c1=O. The predicted molar refractivity (Wildman–Crippen MR) is 109 cm³/mol. The Morgan fingerprint density at radius 1 is 1.25 bits per heavy atom. The number of aromatic amines is 1. The van der Waals surface area contributed by atoms with E-state index in [4.69, 9.17) is 11.6 Å². The molecule has 2 aromatic heterocycles. The quantitative estimate of drug-likeness (QED) is 0.543. The lowest BCUT2D eigenvalue weighted by molar-refractivity contribution is -0.124. The number of benzene rings is 2. The van der Waals surface area contributed by atoms with Crippen molar-refractivity contribution in [1.29, 1.82) is 0 Å². The first kappa shape index (κ1) is 18.2. The number of aromatic nitrogens is 4. The molecule has 8 heteroatoms. The second kappa shape index (κ2) is 7.44. The summed E-state index contributed by atoms with van der Waals surface area (Å²) in [6.07, 6.45) is 2.55. The zero-order valence-electron chi connectivity index (χ0n) is 15.1. The summed E-state index contributed by atoms with van der Waals surface area (Å²) in [4.78, 5) is 28.3. The summed E-state index contributed by atoms with van der Waals surface area (Å²) >= 11 is 6.07. The molecule has 4 aromatic rings. The molecule has 4 rings (SSSR count). The molecule has 2 N–H and O–H groups in total. The molecular weight excluding hydrogens is 378 g/mol. The fourth-order valence-corrected chi connectivity index (χ4v) is 3.36. The third kappa shape index (κ3) is 3.36. The largest absolute Gasteiger partial charge is 0.361 e. The van der Waals surface area contributed by atoms with E-state index in [1.165, 1.54) is 0 Å². The topological polar surface area (TPSA) is 92.7 Å². The average Bonchev–Trinajstić information content (AvgIpc) is 3.10. The maximum atomic E-state index is 12.6. The molecule has 0 radical (unpaired) electrons. The van der Waals surface area contributed by atoms with Crippen LogP contribution in [0, 0.1) is 0 Å². The van der Waals surface area contributed by atoms with Gasteiger partial charge in [0.1, 0.15) is 11.6 Å². The van der Waals surface area contributed by atoms with Crippen LogP contribution in [-0.4, -0.2) is 32.4 Å². The van der Waals surface area contributed by atoms with Crippen molar-refractivity contribution in [2.24, 2.45) is 0 Å². The maximum Gasteiger partial charge on any atom is 0.278 e. The molecule has 0 aliphatic heterocycles. The molecule has 0 spiro atoms. The highest BCUT2D eigenvalue weighted by atomic mass is 35.5. The van der Waals surface area contributed by atoms with E-state index in [-0.39, 0.29) is 11.5 Å². The van der Waals surface area contributed by atoms with Gasteiger partial charge in [-0.25, -0.2) is 0 Å². The number of fused-ring (bicyclic) bond motifs is 2. The Labute approximate surface area is 165 Å². The Kier molecular flexibility index (Phi) is 4.83. The van der Waals surface area contributed by atoms with Crippen molar-refractivity contribution in [2.75, 3.05) is 6.54 Å². The van der Waals surface area contributed by atoms with Gasteiger partial charge in [-0.15, -0.1) is 5.10 Å². The Morgan fingerprint density at radius 3 is 2.93 bits per heavy atom. The van der Waals surface area contributed by atoms with Gasteiger partial charge in [0.15, 0.2) is 0 Å². The molecule has 0 bridgehead atoms. The zero-order valence-corrected chi connectivity index (χ0v) is 15.9. The zero-order chi connectivity index (χ0) is 19.7. The molecule has 7 nitrogen and oxygen atoms in total. The Hall–Kier alpha value is -3.19. The summed E-state index contributed by atoms with van der Waals surface area (Å²) in [5.74, 6) is -0.287. The van der Waals surface area contributed by atoms with Gasteiger partial charge in [0.05, 0.1) is 5.39 Å². The van der Waals surface area contributed by atoms with Gasteiger partial charge < -0.3 is 10.3 Å². The van der Waals surface area contributed by atoms with Crippen molar-refractivity contribution in [2.45, 2.75) is 19.4 Å². The van der Waals surface area contributed by atoms with Gasteiger partial charge in [-0.3, -0.25) is 9.59 Å². The van der Waals surface area contributed by atoms with Gasteiger partial charge >= 0.3 is 0 Å². The molecular formula is C20H18ClN5O2. The number of hydrogen-bond donors (Lipinski definition) is 2. The minimum absolute atomic E-state index is 0.287. The monoisotopic (exact) mass is 395 g/mol. The van der Waals surface area contributed by atoms with Crippen LogP contribution in [0.5, 0.6) is 0 Å². The van der Waals surface area contributed by atoms with Crippen LogP contribution in [0.15, 0.2) is 53.5 Å². The fraction of sp³-hybridized carbons (Fsp3) is 0.200. The van der Waals surface area contributed by atoms with Crippen LogP contribution in [0.4, 0.5) is 0 Å². The molecule has 1 atom stereocenters. The lowest BCUT2D eigenvalue weighted by atomic mass is 10.1. The van der Waals surface area contributed by atoms with Crippen LogP contribution in [0.3, 0.4) is 0 Å². The molecule has 142 valence electrons. The van der Waals surface area contributed by atoms with Gasteiger partial charge in [0, 0.05) is 28.7 Å². The van der Waals surface area contributed by atoms with E-state index in [2.05, 4.69) is 20.6 Å². The number of amides is 1. The van der Waals surface area contributed by atoms with Crippen molar-refractivity contribution < 1.29 is 4.79 Å². The summed E-state index contributed by atoms with van der Waals surface area (Å²) in [5, 5.41) is 12.9. The fourth-order valence-electron chi connectivity index (χ4n) is 3.19. The molecule has 2 aromatic carbocycles. The smallest absolute Gasteiger partial charge is 0.278 e. The molecule has 0 saturated heterocycles. The summed E-state index contributed by atoms with van der Waals surface area (Å²) in [6, 6.07) is 11.8. The second-order valence-corrected chi connectivity index (χ2v) is 7.01. The van der Waals surface area contributed by atoms with E-state index in [1.54, 1.807) is 31.2 Å². The van der Waals surface area contributed by atoms with Crippen molar-refractivity contribution in [3.05, 3.63) is 69.6 Å². The number of hydrogen-bond acceptors (Lipinski definition) is 4. The van der Waals surface area contributed by atoms with Crippen LogP contribution >= 0.6 is 11.6 Å². The Morgan fingerprint density at radius 2 is 2.07 bits per heavy atom. The van der Waals surface area contributed by atoms with E-state index in [0.717, 1.165) is 21.1 Å². The molecule has 28 heavy (non-hydrogen) atoms. The third-order valence-electron chi connectivity index (χ3n) is 4.76. The number of rotatable bonds is 5. The standard InChI is InChI=1S/C20H18ClN5O2/c1-12(26-20(28)15-4-2-3-5-18(15)24-25-26)19(27)22-9-8-13-11-23-17-7-6-14(21)10-16(13)17/h2-7,10-12,23H,8-9H2,1H3,(H,22,27). The van der Waals surface area contributed by atoms with Crippen molar-refractivity contribution >= 4 is 39.3 Å². The van der Waals surface area contributed by atoms with Crippen molar-refractivity contribution in [3.63, 3.8) is 0 Å². The molecule has 1 amide bonds. The van der Waals surface area contributed by atoms with Gasteiger partial charge in [0.25, 0.3) is 5.56 Å². The number of H-pyrrole nitrogens is 1. The highest BCUT2D eigenvalue weighted by Crippen LogP contribution is 2.22. The Balaban J connectivity index is 1.45. The number of carbonyl (C=O) groups excluding carboxylic acids is 1. The summed E-state index contributed by atoms with van der Waals surface area (Å²) in [6.45, 7) is 2.06. The van der Waals surface area contributed by atoms with Gasteiger partial charge in [-0.05, 0) is 49.2 Å². The average molecular weight is 396 g/mol. The number of nitrogens with zero attached hydrogens (tertiary/aromatic N) is 3. The Bertz CT molecular complexity index is 1230. The normalized spacial score (nSPS) is 12.4. The highest BCUT2D eigenvalue weighted by Gasteiger charge is 2.19. The van der Waals surface area contributed by atoms with E-state index < -0.39 is 6.04 Å². The van der Waals surface area contributed by atoms with Gasteiger partial charge in [-0.1, -0.05) is 28.9 Å².